The van der Waals surface area contributed by atoms with E-state index in [4.69, 9.17) is 5.73 Å². The van der Waals surface area contributed by atoms with E-state index in [1.165, 1.54) is 28.3 Å². The Balaban J connectivity index is 1.78. The Kier molecular flexibility index (Phi) is 2.27. The lowest BCUT2D eigenvalue weighted by Crippen LogP contribution is -2.39. The van der Waals surface area contributed by atoms with E-state index in [9.17, 15) is 4.79 Å². The standard InChI is InChI=1S/C20H19NO/c21-17-4-2-13-6-15-8-18(22)11-20(19(15)9-14(13)7-17)10-12-1-3-16(20)5-12/h1-2,4,6-7,9,16H,3,5,8,10-11,21H2. The fourth-order valence-electron chi connectivity index (χ4n) is 5.12. The highest BCUT2D eigenvalue weighted by atomic mass is 16.1. The lowest BCUT2D eigenvalue weighted by molar-refractivity contribution is -0.120. The third kappa shape index (κ3) is 1.53. The van der Waals surface area contributed by atoms with E-state index >= 15 is 0 Å². The average Bonchev–Trinajstić information content (AvgIpc) is 3.07. The van der Waals surface area contributed by atoms with Gasteiger partial charge in [0.05, 0.1) is 0 Å². The minimum absolute atomic E-state index is 0.0769. The Labute approximate surface area is 130 Å². The van der Waals surface area contributed by atoms with E-state index in [1.54, 1.807) is 5.57 Å². The van der Waals surface area contributed by atoms with Crippen LogP contribution in [0.2, 0.25) is 0 Å². The summed E-state index contributed by atoms with van der Waals surface area (Å²) in [6.07, 6.45) is 7.16. The summed E-state index contributed by atoms with van der Waals surface area (Å²) < 4.78 is 0. The normalized spacial score (nSPS) is 29.2. The number of carbonyl (C=O) groups excluding carboxylic acids is 1. The molecule has 2 bridgehead atoms. The zero-order valence-corrected chi connectivity index (χ0v) is 12.6. The molecule has 3 aliphatic carbocycles. The molecule has 2 nitrogen and oxygen atoms in total. The van der Waals surface area contributed by atoms with Gasteiger partial charge in [-0.15, -0.1) is 0 Å². The molecule has 1 saturated carbocycles. The van der Waals surface area contributed by atoms with Gasteiger partial charge in [-0.1, -0.05) is 29.8 Å². The Morgan fingerprint density at radius 3 is 2.77 bits per heavy atom. The number of carbonyl (C=O) groups is 1. The number of hydrogen-bond donors (Lipinski definition) is 1. The summed E-state index contributed by atoms with van der Waals surface area (Å²) in [5.41, 5.74) is 11.1. The van der Waals surface area contributed by atoms with E-state index in [-0.39, 0.29) is 5.41 Å². The van der Waals surface area contributed by atoms with Gasteiger partial charge in [-0.05, 0) is 59.2 Å². The molecule has 2 heteroatoms. The molecule has 0 amide bonds. The number of anilines is 1. The maximum Gasteiger partial charge on any atom is 0.138 e. The van der Waals surface area contributed by atoms with Crippen LogP contribution in [0.3, 0.4) is 0 Å². The van der Waals surface area contributed by atoms with Crippen molar-refractivity contribution in [1.82, 2.24) is 0 Å². The molecule has 5 rings (SSSR count). The van der Waals surface area contributed by atoms with E-state index < -0.39 is 0 Å². The molecular formula is C20H19NO. The average molecular weight is 289 g/mol. The Bertz CT molecular complexity index is 863. The summed E-state index contributed by atoms with van der Waals surface area (Å²) >= 11 is 0. The van der Waals surface area contributed by atoms with Crippen LogP contribution in [-0.4, -0.2) is 5.78 Å². The van der Waals surface area contributed by atoms with Gasteiger partial charge in [0.1, 0.15) is 5.78 Å². The van der Waals surface area contributed by atoms with Crippen LogP contribution in [0.4, 0.5) is 5.69 Å². The molecule has 2 N–H and O–H groups in total. The zero-order chi connectivity index (χ0) is 14.9. The molecule has 110 valence electrons. The number of ketones is 1. The first kappa shape index (κ1) is 12.5. The van der Waals surface area contributed by atoms with Crippen molar-refractivity contribution in [2.24, 2.45) is 5.92 Å². The molecule has 1 spiro atoms. The molecule has 2 aromatic rings. The number of hydrogen-bond acceptors (Lipinski definition) is 2. The molecule has 1 fully saturated rings. The van der Waals surface area contributed by atoms with Crippen molar-refractivity contribution < 1.29 is 4.79 Å². The van der Waals surface area contributed by atoms with Crippen LogP contribution in [0.25, 0.3) is 10.8 Å². The fourth-order valence-corrected chi connectivity index (χ4v) is 5.12. The monoisotopic (exact) mass is 289 g/mol. The highest BCUT2D eigenvalue weighted by Crippen LogP contribution is 2.58. The van der Waals surface area contributed by atoms with Gasteiger partial charge in [0.25, 0.3) is 0 Å². The Morgan fingerprint density at radius 2 is 2.00 bits per heavy atom. The molecule has 2 atom stereocenters. The van der Waals surface area contributed by atoms with Gasteiger partial charge in [0.2, 0.25) is 0 Å². The lowest BCUT2D eigenvalue weighted by Gasteiger charge is -2.41. The fraction of sp³-hybridized carbons (Fsp3) is 0.350. The van der Waals surface area contributed by atoms with Crippen molar-refractivity contribution in [2.75, 3.05) is 5.73 Å². The third-order valence-electron chi connectivity index (χ3n) is 6.05. The first-order valence-electron chi connectivity index (χ1n) is 8.16. The summed E-state index contributed by atoms with van der Waals surface area (Å²) in [6, 6.07) is 10.6. The SMILES string of the molecule is Nc1ccc2cc3c(cc2c1)C1(CC(=O)C3)CC2=CCC1C2. The van der Waals surface area contributed by atoms with Crippen LogP contribution in [-0.2, 0) is 16.6 Å². The van der Waals surface area contributed by atoms with Crippen LogP contribution in [0, 0.1) is 5.92 Å². The predicted molar refractivity (Wildman–Crippen MR) is 88.8 cm³/mol. The first-order chi connectivity index (χ1) is 10.6. The highest BCUT2D eigenvalue weighted by molar-refractivity contribution is 5.92. The molecule has 2 aromatic carbocycles. The Hall–Kier alpha value is -2.09. The summed E-state index contributed by atoms with van der Waals surface area (Å²) in [7, 11) is 0. The van der Waals surface area contributed by atoms with Crippen molar-refractivity contribution in [3.8, 4) is 0 Å². The minimum atomic E-state index is 0.0769. The van der Waals surface area contributed by atoms with Crippen molar-refractivity contribution >= 4 is 22.2 Å². The number of nitrogen functional groups attached to an aromatic ring is 1. The molecule has 0 aromatic heterocycles. The smallest absolute Gasteiger partial charge is 0.138 e. The zero-order valence-electron chi connectivity index (χ0n) is 12.6. The van der Waals surface area contributed by atoms with Crippen LogP contribution in [0.15, 0.2) is 42.0 Å². The number of rotatable bonds is 0. The molecule has 0 aliphatic heterocycles. The van der Waals surface area contributed by atoms with Crippen molar-refractivity contribution in [3.63, 3.8) is 0 Å². The maximum absolute atomic E-state index is 12.4. The van der Waals surface area contributed by atoms with Gasteiger partial charge in [-0.3, -0.25) is 4.79 Å². The van der Waals surface area contributed by atoms with E-state index in [0.29, 0.717) is 18.1 Å². The number of nitrogens with two attached hydrogens (primary N) is 1. The van der Waals surface area contributed by atoms with Crippen LogP contribution < -0.4 is 5.73 Å². The highest BCUT2D eigenvalue weighted by Gasteiger charge is 2.51. The van der Waals surface area contributed by atoms with Gasteiger partial charge in [0.15, 0.2) is 0 Å². The minimum Gasteiger partial charge on any atom is -0.399 e. The molecule has 0 heterocycles. The second-order valence-electron chi connectivity index (χ2n) is 7.34. The summed E-state index contributed by atoms with van der Waals surface area (Å²) in [6.45, 7) is 0. The Morgan fingerprint density at radius 1 is 1.09 bits per heavy atom. The maximum atomic E-state index is 12.4. The van der Waals surface area contributed by atoms with Gasteiger partial charge >= 0.3 is 0 Å². The van der Waals surface area contributed by atoms with Gasteiger partial charge in [-0.2, -0.15) is 0 Å². The van der Waals surface area contributed by atoms with Gasteiger partial charge < -0.3 is 5.73 Å². The van der Waals surface area contributed by atoms with Crippen LogP contribution in [0.5, 0.6) is 0 Å². The largest absolute Gasteiger partial charge is 0.399 e. The second-order valence-corrected chi connectivity index (χ2v) is 7.34. The summed E-state index contributed by atoms with van der Waals surface area (Å²) in [5.74, 6) is 1.04. The van der Waals surface area contributed by atoms with E-state index in [1.807, 2.05) is 6.07 Å². The van der Waals surface area contributed by atoms with E-state index in [2.05, 4.69) is 30.3 Å². The van der Waals surface area contributed by atoms with Gasteiger partial charge in [0, 0.05) is 23.9 Å². The van der Waals surface area contributed by atoms with Crippen molar-refractivity contribution in [2.45, 2.75) is 37.5 Å². The lowest BCUT2D eigenvalue weighted by atomic mass is 9.62. The number of allylic oxidation sites excluding steroid dienone is 2. The molecule has 2 unspecified atom stereocenters. The number of Topliss-reactive ketones (excluding diaryl/α,β-unsaturated/α-hetero) is 1. The van der Waals surface area contributed by atoms with Crippen molar-refractivity contribution in [1.29, 1.82) is 0 Å². The van der Waals surface area contributed by atoms with Crippen LogP contribution >= 0.6 is 0 Å². The third-order valence-corrected chi connectivity index (χ3v) is 6.05. The number of fused-ring (bicyclic) bond motifs is 6. The molecule has 3 aliphatic rings. The quantitative estimate of drug-likeness (QED) is 0.590. The molecule has 22 heavy (non-hydrogen) atoms. The first-order valence-corrected chi connectivity index (χ1v) is 8.16. The predicted octanol–water partition coefficient (Wildman–Crippen LogP) is 3.92. The second kappa shape index (κ2) is 4.01. The molecule has 0 radical (unpaired) electrons. The number of benzene rings is 2. The molecule has 0 saturated heterocycles. The van der Waals surface area contributed by atoms with Gasteiger partial charge in [-0.25, -0.2) is 0 Å². The van der Waals surface area contributed by atoms with Crippen molar-refractivity contribution in [3.05, 3.63) is 53.1 Å². The molecular weight excluding hydrogens is 270 g/mol. The topological polar surface area (TPSA) is 43.1 Å². The van der Waals surface area contributed by atoms with E-state index in [0.717, 1.165) is 24.9 Å². The summed E-state index contributed by atoms with van der Waals surface area (Å²) in [4.78, 5) is 12.4. The summed E-state index contributed by atoms with van der Waals surface area (Å²) in [5, 5.41) is 2.41. The van der Waals surface area contributed by atoms with Crippen LogP contribution in [0.1, 0.15) is 36.8 Å².